The van der Waals surface area contributed by atoms with E-state index in [4.69, 9.17) is 21.1 Å². The second-order valence-electron chi connectivity index (χ2n) is 6.96. The van der Waals surface area contributed by atoms with Crippen LogP contribution in [-0.4, -0.2) is 60.7 Å². The maximum atomic E-state index is 12.8. The molecule has 25 heavy (non-hydrogen) atoms. The molecule has 7 heteroatoms. The number of hydrogen-bond donors (Lipinski definition) is 0. The fourth-order valence-electron chi connectivity index (χ4n) is 2.65. The zero-order chi connectivity index (χ0) is 18.6. The van der Waals surface area contributed by atoms with Crippen molar-refractivity contribution in [3.63, 3.8) is 0 Å². The first-order valence-electron chi connectivity index (χ1n) is 8.32. The van der Waals surface area contributed by atoms with Gasteiger partial charge in [0, 0.05) is 31.2 Å². The Hall–Kier alpha value is -1.95. The Morgan fingerprint density at radius 1 is 1.08 bits per heavy atom. The van der Waals surface area contributed by atoms with Gasteiger partial charge in [0.2, 0.25) is 0 Å². The van der Waals surface area contributed by atoms with Gasteiger partial charge in [-0.05, 0) is 45.4 Å². The van der Waals surface area contributed by atoms with Gasteiger partial charge in [0.05, 0.1) is 12.7 Å². The smallest absolute Gasteiger partial charge is 0.410 e. The summed E-state index contributed by atoms with van der Waals surface area (Å²) < 4.78 is 10.7. The molecule has 0 atom stereocenters. The van der Waals surface area contributed by atoms with Crippen LogP contribution in [0, 0.1) is 0 Å². The van der Waals surface area contributed by atoms with Crippen molar-refractivity contribution in [3.05, 3.63) is 28.8 Å². The van der Waals surface area contributed by atoms with E-state index in [0.717, 1.165) is 0 Å². The van der Waals surface area contributed by atoms with Gasteiger partial charge in [0.1, 0.15) is 11.4 Å². The van der Waals surface area contributed by atoms with E-state index in [-0.39, 0.29) is 12.0 Å². The SMILES string of the molecule is COc1ccc(Cl)cc1C(=O)N1CCCN(C(=O)OC(C)(C)C)CC1. The van der Waals surface area contributed by atoms with Crippen molar-refractivity contribution in [1.82, 2.24) is 9.80 Å². The lowest BCUT2D eigenvalue weighted by Crippen LogP contribution is -2.40. The van der Waals surface area contributed by atoms with Crippen molar-refractivity contribution in [3.8, 4) is 5.75 Å². The summed E-state index contributed by atoms with van der Waals surface area (Å²) in [6, 6.07) is 4.98. The molecule has 0 N–H and O–H groups in total. The van der Waals surface area contributed by atoms with Gasteiger partial charge in [-0.2, -0.15) is 0 Å². The van der Waals surface area contributed by atoms with Gasteiger partial charge < -0.3 is 19.3 Å². The molecule has 1 fully saturated rings. The van der Waals surface area contributed by atoms with Crippen LogP contribution in [0.25, 0.3) is 0 Å². The monoisotopic (exact) mass is 368 g/mol. The molecule has 0 saturated carbocycles. The van der Waals surface area contributed by atoms with E-state index in [1.165, 1.54) is 7.11 Å². The molecular formula is C18H25ClN2O4. The number of ether oxygens (including phenoxy) is 2. The van der Waals surface area contributed by atoms with Crippen molar-refractivity contribution in [2.75, 3.05) is 33.3 Å². The maximum absolute atomic E-state index is 12.8. The molecule has 0 aliphatic carbocycles. The summed E-state index contributed by atoms with van der Waals surface area (Å²) in [5, 5.41) is 0.481. The molecule has 0 bridgehead atoms. The van der Waals surface area contributed by atoms with Crippen LogP contribution in [0.5, 0.6) is 5.75 Å². The second-order valence-corrected chi connectivity index (χ2v) is 7.39. The molecule has 1 aromatic carbocycles. The Bertz CT molecular complexity index is 642. The fourth-order valence-corrected chi connectivity index (χ4v) is 2.82. The molecule has 1 saturated heterocycles. The quantitative estimate of drug-likeness (QED) is 0.802. The van der Waals surface area contributed by atoms with Crippen molar-refractivity contribution >= 4 is 23.6 Å². The van der Waals surface area contributed by atoms with Crippen LogP contribution in [0.3, 0.4) is 0 Å². The van der Waals surface area contributed by atoms with Gasteiger partial charge in [0.25, 0.3) is 5.91 Å². The maximum Gasteiger partial charge on any atom is 0.410 e. The summed E-state index contributed by atoms with van der Waals surface area (Å²) in [7, 11) is 1.52. The molecule has 1 aliphatic heterocycles. The summed E-state index contributed by atoms with van der Waals surface area (Å²) in [4.78, 5) is 28.4. The number of hydrogen-bond acceptors (Lipinski definition) is 4. The fraction of sp³-hybridized carbons (Fsp3) is 0.556. The third-order valence-electron chi connectivity index (χ3n) is 3.83. The van der Waals surface area contributed by atoms with Gasteiger partial charge in [0.15, 0.2) is 0 Å². The van der Waals surface area contributed by atoms with E-state index in [2.05, 4.69) is 0 Å². The number of carbonyl (C=O) groups excluding carboxylic acids is 2. The van der Waals surface area contributed by atoms with Crippen LogP contribution in [0.2, 0.25) is 5.02 Å². The van der Waals surface area contributed by atoms with Gasteiger partial charge in [-0.15, -0.1) is 0 Å². The first-order chi connectivity index (χ1) is 11.7. The van der Waals surface area contributed by atoms with Gasteiger partial charge in [-0.1, -0.05) is 11.6 Å². The minimum absolute atomic E-state index is 0.148. The molecule has 0 radical (unpaired) electrons. The van der Waals surface area contributed by atoms with Gasteiger partial charge in [-0.25, -0.2) is 4.79 Å². The van der Waals surface area contributed by atoms with E-state index in [1.807, 2.05) is 20.8 Å². The van der Waals surface area contributed by atoms with Crippen LogP contribution in [-0.2, 0) is 4.74 Å². The molecule has 2 rings (SSSR count). The predicted octanol–water partition coefficient (Wildman–Crippen LogP) is 3.43. The molecule has 2 amide bonds. The normalized spacial score (nSPS) is 15.6. The van der Waals surface area contributed by atoms with Crippen LogP contribution >= 0.6 is 11.6 Å². The molecule has 6 nitrogen and oxygen atoms in total. The molecule has 0 spiro atoms. The van der Waals surface area contributed by atoms with Crippen LogP contribution in [0.1, 0.15) is 37.6 Å². The van der Waals surface area contributed by atoms with Crippen LogP contribution in [0.15, 0.2) is 18.2 Å². The number of rotatable bonds is 2. The number of halogens is 1. The first-order valence-corrected chi connectivity index (χ1v) is 8.70. The van der Waals surface area contributed by atoms with E-state index in [1.54, 1.807) is 28.0 Å². The Morgan fingerprint density at radius 2 is 1.72 bits per heavy atom. The molecule has 0 aromatic heterocycles. The summed E-state index contributed by atoms with van der Waals surface area (Å²) in [5.74, 6) is 0.341. The summed E-state index contributed by atoms with van der Waals surface area (Å²) >= 11 is 6.02. The van der Waals surface area contributed by atoms with Crippen LogP contribution < -0.4 is 4.74 Å². The third kappa shape index (κ3) is 5.26. The summed E-state index contributed by atoms with van der Waals surface area (Å²) in [6.07, 6.45) is 0.343. The molecular weight excluding hydrogens is 344 g/mol. The van der Waals surface area contributed by atoms with Crippen molar-refractivity contribution in [1.29, 1.82) is 0 Å². The van der Waals surface area contributed by atoms with Crippen LogP contribution in [0.4, 0.5) is 4.79 Å². The molecule has 138 valence electrons. The molecule has 1 aromatic rings. The summed E-state index contributed by atoms with van der Waals surface area (Å²) in [6.45, 7) is 7.51. The lowest BCUT2D eigenvalue weighted by Gasteiger charge is -2.26. The largest absolute Gasteiger partial charge is 0.496 e. The number of nitrogens with zero attached hydrogens (tertiary/aromatic N) is 2. The molecule has 1 aliphatic rings. The first kappa shape index (κ1) is 19.4. The highest BCUT2D eigenvalue weighted by Crippen LogP contribution is 2.24. The molecule has 1 heterocycles. The van der Waals surface area contributed by atoms with E-state index in [0.29, 0.717) is 48.9 Å². The van der Waals surface area contributed by atoms with Crippen molar-refractivity contribution in [2.24, 2.45) is 0 Å². The van der Waals surface area contributed by atoms with E-state index >= 15 is 0 Å². The average molecular weight is 369 g/mol. The lowest BCUT2D eigenvalue weighted by molar-refractivity contribution is 0.0255. The highest BCUT2D eigenvalue weighted by Gasteiger charge is 2.27. The van der Waals surface area contributed by atoms with Crippen molar-refractivity contribution < 1.29 is 19.1 Å². The Kier molecular flexibility index (Phi) is 6.16. The highest BCUT2D eigenvalue weighted by atomic mass is 35.5. The minimum Gasteiger partial charge on any atom is -0.496 e. The molecule has 0 unspecified atom stereocenters. The second kappa shape index (κ2) is 7.95. The number of methoxy groups -OCH3 is 1. The van der Waals surface area contributed by atoms with E-state index in [9.17, 15) is 9.59 Å². The minimum atomic E-state index is -0.535. The lowest BCUT2D eigenvalue weighted by atomic mass is 10.1. The Balaban J connectivity index is 2.07. The topological polar surface area (TPSA) is 59.1 Å². The van der Waals surface area contributed by atoms with Gasteiger partial charge >= 0.3 is 6.09 Å². The zero-order valence-electron chi connectivity index (χ0n) is 15.2. The van der Waals surface area contributed by atoms with E-state index < -0.39 is 5.60 Å². The third-order valence-corrected chi connectivity index (χ3v) is 4.06. The van der Waals surface area contributed by atoms with Gasteiger partial charge in [-0.3, -0.25) is 4.79 Å². The number of amides is 2. The zero-order valence-corrected chi connectivity index (χ0v) is 15.9. The standard InChI is InChI=1S/C18H25ClN2O4/c1-18(2,3)25-17(23)21-9-5-8-20(10-11-21)16(22)14-12-13(19)6-7-15(14)24-4/h6-7,12H,5,8-11H2,1-4H3. The number of carbonyl (C=O) groups is 2. The van der Waals surface area contributed by atoms with Crippen molar-refractivity contribution in [2.45, 2.75) is 32.8 Å². The average Bonchev–Trinajstić information content (AvgIpc) is 2.78. The number of benzene rings is 1. The highest BCUT2D eigenvalue weighted by molar-refractivity contribution is 6.31. The Labute approximate surface area is 153 Å². The Morgan fingerprint density at radius 3 is 2.36 bits per heavy atom. The summed E-state index contributed by atoms with van der Waals surface area (Å²) in [5.41, 5.74) is -0.103. The predicted molar refractivity (Wildman–Crippen MR) is 96.3 cm³/mol.